The van der Waals surface area contributed by atoms with Crippen LogP contribution in [0.25, 0.3) is 16.8 Å². The number of nitrogens with zero attached hydrogens (tertiary/aromatic N) is 4. The second-order valence-electron chi connectivity index (χ2n) is 9.06. The number of hydrogen-bond donors (Lipinski definition) is 0. The van der Waals surface area contributed by atoms with Crippen molar-refractivity contribution in [3.63, 3.8) is 0 Å². The molecular weight excluding hydrogens is 464 g/mol. The highest BCUT2D eigenvalue weighted by Crippen LogP contribution is 2.33. The first-order valence-electron chi connectivity index (χ1n) is 12.4. The standard InChI is InChI=1S/C30H26N4O3/c35-30(23-8-3-1-4-9-23)37-33-18-7-10-24(21-33)29-32-28(27-20-31-17-19-34(27)29)22-13-15-26(16-14-22)36-25-11-5-2-6-12-25/h1-6,8-9,11-17,19-20,24H,7,10,18,21H2/t24-/m1/s1. The number of para-hydroxylation sites is 1. The van der Waals surface area contributed by atoms with Crippen LogP contribution in [0.4, 0.5) is 0 Å². The summed E-state index contributed by atoms with van der Waals surface area (Å²) in [5.74, 6) is 2.28. The molecule has 5 aromatic rings. The molecule has 1 atom stereocenters. The van der Waals surface area contributed by atoms with Gasteiger partial charge in [-0.1, -0.05) is 36.4 Å². The van der Waals surface area contributed by atoms with Crippen LogP contribution in [0.3, 0.4) is 0 Å². The third-order valence-corrected chi connectivity index (χ3v) is 6.55. The minimum Gasteiger partial charge on any atom is -0.457 e. The lowest BCUT2D eigenvalue weighted by atomic mass is 9.98. The molecule has 0 spiro atoms. The van der Waals surface area contributed by atoms with Crippen LogP contribution in [0.1, 0.15) is 34.9 Å². The van der Waals surface area contributed by atoms with E-state index in [2.05, 4.69) is 9.38 Å². The summed E-state index contributed by atoms with van der Waals surface area (Å²) in [7, 11) is 0. The van der Waals surface area contributed by atoms with Gasteiger partial charge in [-0.2, -0.15) is 0 Å². The Morgan fingerprint density at radius 1 is 0.892 bits per heavy atom. The smallest absolute Gasteiger partial charge is 0.357 e. The van der Waals surface area contributed by atoms with E-state index in [1.54, 1.807) is 23.4 Å². The molecule has 7 nitrogen and oxygen atoms in total. The molecule has 1 saturated heterocycles. The monoisotopic (exact) mass is 490 g/mol. The Kier molecular flexibility index (Phi) is 6.35. The van der Waals surface area contributed by atoms with Gasteiger partial charge in [0, 0.05) is 37.0 Å². The summed E-state index contributed by atoms with van der Waals surface area (Å²) >= 11 is 0. The van der Waals surface area contributed by atoms with E-state index in [-0.39, 0.29) is 11.9 Å². The molecule has 3 aromatic carbocycles. The Bertz CT molecular complexity index is 1500. The Labute approximate surface area is 214 Å². The van der Waals surface area contributed by atoms with Gasteiger partial charge < -0.3 is 9.57 Å². The second-order valence-corrected chi connectivity index (χ2v) is 9.06. The highest BCUT2D eigenvalue weighted by Gasteiger charge is 2.28. The molecule has 6 rings (SSSR count). The van der Waals surface area contributed by atoms with Gasteiger partial charge in [-0.05, 0) is 61.4 Å². The van der Waals surface area contributed by atoms with Gasteiger partial charge in [-0.15, -0.1) is 5.06 Å². The summed E-state index contributed by atoms with van der Waals surface area (Å²) in [5.41, 5.74) is 3.34. The minimum atomic E-state index is -0.336. The van der Waals surface area contributed by atoms with Crippen molar-refractivity contribution in [3.8, 4) is 22.8 Å². The van der Waals surface area contributed by atoms with Gasteiger partial charge in [0.25, 0.3) is 0 Å². The van der Waals surface area contributed by atoms with Crippen molar-refractivity contribution in [3.05, 3.63) is 115 Å². The van der Waals surface area contributed by atoms with Gasteiger partial charge in [0.2, 0.25) is 0 Å². The van der Waals surface area contributed by atoms with Crippen LogP contribution in [0, 0.1) is 0 Å². The van der Waals surface area contributed by atoms with E-state index in [4.69, 9.17) is 14.6 Å². The predicted octanol–water partition coefficient (Wildman–Crippen LogP) is 6.14. The van der Waals surface area contributed by atoms with Crippen molar-refractivity contribution in [1.29, 1.82) is 0 Å². The largest absolute Gasteiger partial charge is 0.457 e. The van der Waals surface area contributed by atoms with E-state index in [1.165, 1.54) is 0 Å². The molecule has 0 saturated carbocycles. The Balaban J connectivity index is 1.24. The molecule has 0 radical (unpaired) electrons. The Morgan fingerprint density at radius 2 is 1.62 bits per heavy atom. The molecule has 1 aliphatic rings. The summed E-state index contributed by atoms with van der Waals surface area (Å²) in [5, 5.41) is 1.77. The fourth-order valence-electron chi connectivity index (χ4n) is 4.75. The van der Waals surface area contributed by atoms with E-state index in [0.717, 1.165) is 46.9 Å². The predicted molar refractivity (Wildman–Crippen MR) is 140 cm³/mol. The highest BCUT2D eigenvalue weighted by molar-refractivity contribution is 5.89. The normalized spacial score (nSPS) is 15.9. The Morgan fingerprint density at radius 3 is 2.41 bits per heavy atom. The lowest BCUT2D eigenvalue weighted by Gasteiger charge is -2.30. The lowest BCUT2D eigenvalue weighted by molar-refractivity contribution is -0.124. The first kappa shape index (κ1) is 22.9. The SMILES string of the molecule is O=C(ON1CCC[C@@H](c2nc(-c3ccc(Oc4ccccc4)cc3)c3cnccn23)C1)c1ccccc1. The maximum absolute atomic E-state index is 12.6. The zero-order valence-corrected chi connectivity index (χ0v) is 20.2. The van der Waals surface area contributed by atoms with E-state index < -0.39 is 0 Å². The molecule has 7 heteroatoms. The first-order chi connectivity index (χ1) is 18.2. The average molecular weight is 491 g/mol. The van der Waals surface area contributed by atoms with Crippen molar-refractivity contribution in [2.75, 3.05) is 13.1 Å². The molecule has 0 aliphatic carbocycles. The number of fused-ring (bicyclic) bond motifs is 1. The molecule has 0 N–H and O–H groups in total. The molecular formula is C30H26N4O3. The van der Waals surface area contributed by atoms with Crippen LogP contribution < -0.4 is 4.74 Å². The van der Waals surface area contributed by atoms with Crippen molar-refractivity contribution in [2.45, 2.75) is 18.8 Å². The number of carbonyl (C=O) groups excluding carboxylic acids is 1. The quantitative estimate of drug-likeness (QED) is 0.285. The second kappa shape index (κ2) is 10.2. The van der Waals surface area contributed by atoms with Crippen LogP contribution >= 0.6 is 0 Å². The van der Waals surface area contributed by atoms with Crippen molar-refractivity contribution >= 4 is 11.5 Å². The maximum atomic E-state index is 12.6. The molecule has 1 aliphatic heterocycles. The van der Waals surface area contributed by atoms with E-state index in [0.29, 0.717) is 18.7 Å². The van der Waals surface area contributed by atoms with Gasteiger partial charge in [0.15, 0.2) is 0 Å². The first-order valence-corrected chi connectivity index (χ1v) is 12.4. The van der Waals surface area contributed by atoms with Gasteiger partial charge in [0.1, 0.15) is 17.3 Å². The van der Waals surface area contributed by atoms with Gasteiger partial charge in [-0.3, -0.25) is 9.38 Å². The Hall–Kier alpha value is -4.49. The summed E-state index contributed by atoms with van der Waals surface area (Å²) in [4.78, 5) is 27.8. The number of ether oxygens (including phenoxy) is 1. The zero-order valence-electron chi connectivity index (χ0n) is 20.2. The third-order valence-electron chi connectivity index (χ3n) is 6.55. The number of hydrogen-bond acceptors (Lipinski definition) is 6. The molecule has 0 amide bonds. The third kappa shape index (κ3) is 4.94. The van der Waals surface area contributed by atoms with E-state index in [1.807, 2.05) is 85.2 Å². The van der Waals surface area contributed by atoms with Crippen molar-refractivity contribution in [2.24, 2.45) is 0 Å². The number of aromatic nitrogens is 3. The summed E-state index contributed by atoms with van der Waals surface area (Å²) in [6.45, 7) is 1.29. The van der Waals surface area contributed by atoms with Crippen LogP contribution in [-0.2, 0) is 4.84 Å². The maximum Gasteiger partial charge on any atom is 0.357 e. The molecule has 2 aromatic heterocycles. The number of hydroxylamine groups is 2. The van der Waals surface area contributed by atoms with E-state index >= 15 is 0 Å². The van der Waals surface area contributed by atoms with Crippen molar-refractivity contribution < 1.29 is 14.4 Å². The molecule has 0 bridgehead atoms. The lowest BCUT2D eigenvalue weighted by Crippen LogP contribution is -2.36. The summed E-state index contributed by atoms with van der Waals surface area (Å²) in [6.07, 6.45) is 7.44. The van der Waals surface area contributed by atoms with E-state index in [9.17, 15) is 4.79 Å². The topological polar surface area (TPSA) is 69.0 Å². The van der Waals surface area contributed by atoms with Gasteiger partial charge in [0.05, 0.1) is 23.0 Å². The zero-order chi connectivity index (χ0) is 25.0. The van der Waals surface area contributed by atoms with Crippen LogP contribution in [0.2, 0.25) is 0 Å². The fraction of sp³-hybridized carbons (Fsp3) is 0.167. The summed E-state index contributed by atoms with van der Waals surface area (Å²) < 4.78 is 8.05. The average Bonchev–Trinajstić information content (AvgIpc) is 3.34. The minimum absolute atomic E-state index is 0.113. The summed E-state index contributed by atoms with van der Waals surface area (Å²) in [6, 6.07) is 26.8. The number of benzene rings is 3. The molecule has 184 valence electrons. The number of imidazole rings is 1. The molecule has 0 unspecified atom stereocenters. The molecule has 1 fully saturated rings. The highest BCUT2D eigenvalue weighted by atomic mass is 16.7. The van der Waals surface area contributed by atoms with Crippen LogP contribution in [-0.4, -0.2) is 38.5 Å². The molecule has 37 heavy (non-hydrogen) atoms. The van der Waals surface area contributed by atoms with Gasteiger partial charge in [-0.25, -0.2) is 9.78 Å². The fourth-order valence-corrected chi connectivity index (χ4v) is 4.75. The number of piperidine rings is 1. The van der Waals surface area contributed by atoms with Gasteiger partial charge >= 0.3 is 5.97 Å². The van der Waals surface area contributed by atoms with Crippen LogP contribution in [0.5, 0.6) is 11.5 Å². The number of rotatable bonds is 6. The van der Waals surface area contributed by atoms with Crippen molar-refractivity contribution in [1.82, 2.24) is 19.4 Å². The van der Waals surface area contributed by atoms with Crippen LogP contribution in [0.15, 0.2) is 104 Å². The molecule has 3 heterocycles. The number of carbonyl (C=O) groups is 1.